The van der Waals surface area contributed by atoms with Crippen molar-refractivity contribution in [2.24, 2.45) is 0 Å². The lowest BCUT2D eigenvalue weighted by Gasteiger charge is -2.06. The van der Waals surface area contributed by atoms with Gasteiger partial charge in [-0.1, -0.05) is 0 Å². The third-order valence-corrected chi connectivity index (χ3v) is 1.24. The summed E-state index contributed by atoms with van der Waals surface area (Å²) in [4.78, 5) is 0. The van der Waals surface area contributed by atoms with Crippen LogP contribution in [0.5, 0.6) is 0 Å². The molecule has 4 nitrogen and oxygen atoms in total. The van der Waals surface area contributed by atoms with E-state index in [0.29, 0.717) is 5.69 Å². The summed E-state index contributed by atoms with van der Waals surface area (Å²) in [6, 6.07) is 0. The summed E-state index contributed by atoms with van der Waals surface area (Å²) < 4.78 is 39.3. The molecule has 0 atom stereocenters. The van der Waals surface area contributed by atoms with Crippen LogP contribution < -0.4 is 5.73 Å². The van der Waals surface area contributed by atoms with E-state index in [4.69, 9.17) is 5.73 Å². The van der Waals surface area contributed by atoms with Crippen LogP contribution in [0, 0.1) is 0 Å². The van der Waals surface area contributed by atoms with Gasteiger partial charge in [-0.2, -0.15) is 5.10 Å². The number of anilines is 1. The highest BCUT2D eigenvalue weighted by Crippen LogP contribution is 2.15. The zero-order valence-corrected chi connectivity index (χ0v) is 6.58. The van der Waals surface area contributed by atoms with E-state index in [9.17, 15) is 13.2 Å². The summed E-state index contributed by atoms with van der Waals surface area (Å²) in [7, 11) is 0. The van der Waals surface area contributed by atoms with Crippen molar-refractivity contribution in [3.05, 3.63) is 12.4 Å². The van der Waals surface area contributed by atoms with Gasteiger partial charge >= 0.3 is 6.36 Å². The van der Waals surface area contributed by atoms with Gasteiger partial charge in [-0.3, -0.25) is 9.42 Å². The van der Waals surface area contributed by atoms with Gasteiger partial charge in [-0.25, -0.2) is 0 Å². The number of alkyl halides is 3. The third-order valence-electron chi connectivity index (χ3n) is 1.24. The van der Waals surface area contributed by atoms with E-state index in [0.717, 1.165) is 0 Å². The SMILES string of the molecule is Nc1cnn(CCOC(F)(F)F)c1. The Labute approximate surface area is 72.1 Å². The lowest BCUT2D eigenvalue weighted by atomic mass is 10.6. The van der Waals surface area contributed by atoms with Gasteiger partial charge in [0.25, 0.3) is 0 Å². The van der Waals surface area contributed by atoms with E-state index in [1.165, 1.54) is 17.1 Å². The van der Waals surface area contributed by atoms with Crippen molar-refractivity contribution in [1.82, 2.24) is 9.78 Å². The molecule has 0 aliphatic carbocycles. The molecule has 7 heteroatoms. The molecule has 0 spiro atoms. The Bertz CT molecular complexity index is 270. The van der Waals surface area contributed by atoms with Crippen molar-refractivity contribution in [1.29, 1.82) is 0 Å². The van der Waals surface area contributed by atoms with E-state index >= 15 is 0 Å². The Morgan fingerprint density at radius 3 is 2.69 bits per heavy atom. The standard InChI is InChI=1S/C6H8F3N3O/c7-6(8,9)13-2-1-12-4-5(10)3-11-12/h3-4H,1-2,10H2. The average Bonchev–Trinajstić information content (AvgIpc) is 2.33. The fraction of sp³-hybridized carbons (Fsp3) is 0.500. The highest BCUT2D eigenvalue weighted by molar-refractivity contribution is 5.30. The largest absolute Gasteiger partial charge is 0.522 e. The van der Waals surface area contributed by atoms with Gasteiger partial charge in [0.05, 0.1) is 25.0 Å². The number of rotatable bonds is 3. The van der Waals surface area contributed by atoms with Crippen LogP contribution in [-0.4, -0.2) is 22.7 Å². The van der Waals surface area contributed by atoms with Gasteiger partial charge < -0.3 is 5.73 Å². The van der Waals surface area contributed by atoms with Crippen molar-refractivity contribution in [2.75, 3.05) is 12.3 Å². The zero-order valence-electron chi connectivity index (χ0n) is 6.58. The number of nitrogens with zero attached hydrogens (tertiary/aromatic N) is 2. The second-order valence-electron chi connectivity index (χ2n) is 2.33. The van der Waals surface area contributed by atoms with Gasteiger partial charge in [0.2, 0.25) is 0 Å². The number of aromatic nitrogens is 2. The number of halogens is 3. The molecular formula is C6H8F3N3O. The summed E-state index contributed by atoms with van der Waals surface area (Å²) in [5.41, 5.74) is 5.70. The Hall–Kier alpha value is -1.24. The second-order valence-corrected chi connectivity index (χ2v) is 2.33. The molecule has 1 rings (SSSR count). The number of nitrogen functional groups attached to an aromatic ring is 1. The molecule has 13 heavy (non-hydrogen) atoms. The minimum atomic E-state index is -4.58. The lowest BCUT2D eigenvalue weighted by Crippen LogP contribution is -2.17. The highest BCUT2D eigenvalue weighted by Gasteiger charge is 2.28. The molecule has 1 heterocycles. The molecule has 0 fully saturated rings. The Balaban J connectivity index is 2.28. The molecule has 0 aliphatic rings. The van der Waals surface area contributed by atoms with Crippen LogP contribution in [0.2, 0.25) is 0 Å². The van der Waals surface area contributed by atoms with Crippen molar-refractivity contribution < 1.29 is 17.9 Å². The van der Waals surface area contributed by atoms with E-state index in [-0.39, 0.29) is 6.54 Å². The smallest absolute Gasteiger partial charge is 0.396 e. The zero-order chi connectivity index (χ0) is 9.90. The summed E-state index contributed by atoms with van der Waals surface area (Å²) in [5, 5.41) is 3.68. The molecule has 1 aromatic rings. The fourth-order valence-corrected chi connectivity index (χ4v) is 0.757. The maximum atomic E-state index is 11.5. The van der Waals surface area contributed by atoms with E-state index in [1.54, 1.807) is 0 Å². The average molecular weight is 195 g/mol. The molecule has 0 aromatic carbocycles. The Morgan fingerprint density at radius 1 is 1.54 bits per heavy atom. The van der Waals surface area contributed by atoms with Crippen LogP contribution in [0.25, 0.3) is 0 Å². The summed E-state index contributed by atoms with van der Waals surface area (Å²) in [6.07, 6.45) is -1.80. The molecule has 0 radical (unpaired) electrons. The maximum Gasteiger partial charge on any atom is 0.522 e. The van der Waals surface area contributed by atoms with Gasteiger partial charge in [-0.05, 0) is 0 Å². The predicted octanol–water partition coefficient (Wildman–Crippen LogP) is 1.00. The quantitative estimate of drug-likeness (QED) is 0.782. The molecule has 0 saturated carbocycles. The molecule has 2 N–H and O–H groups in total. The normalized spacial score (nSPS) is 11.9. The first kappa shape index (κ1) is 9.85. The van der Waals surface area contributed by atoms with Gasteiger partial charge in [0.15, 0.2) is 0 Å². The summed E-state index contributed by atoms with van der Waals surface area (Å²) in [6.45, 7) is -0.443. The molecule has 0 saturated heterocycles. The number of ether oxygens (including phenoxy) is 1. The Kier molecular flexibility index (Phi) is 2.76. The van der Waals surface area contributed by atoms with Gasteiger partial charge in [0, 0.05) is 6.20 Å². The third kappa shape index (κ3) is 3.79. The van der Waals surface area contributed by atoms with Crippen LogP contribution in [0.1, 0.15) is 0 Å². The number of nitrogens with two attached hydrogens (primary N) is 1. The van der Waals surface area contributed by atoms with Crippen LogP contribution in [0.4, 0.5) is 18.9 Å². The molecule has 0 bridgehead atoms. The molecule has 1 aromatic heterocycles. The summed E-state index contributed by atoms with van der Waals surface area (Å²) in [5.74, 6) is 0. The van der Waals surface area contributed by atoms with Crippen molar-refractivity contribution in [2.45, 2.75) is 12.9 Å². The first-order valence-corrected chi connectivity index (χ1v) is 3.46. The topological polar surface area (TPSA) is 53.1 Å². The minimum absolute atomic E-state index is 0.0245. The summed E-state index contributed by atoms with van der Waals surface area (Å²) >= 11 is 0. The maximum absolute atomic E-state index is 11.5. The first-order chi connectivity index (χ1) is 5.97. The predicted molar refractivity (Wildman–Crippen MR) is 38.6 cm³/mol. The van der Waals surface area contributed by atoms with E-state index < -0.39 is 13.0 Å². The van der Waals surface area contributed by atoms with Crippen LogP contribution in [0.3, 0.4) is 0 Å². The number of hydrogen-bond donors (Lipinski definition) is 1. The van der Waals surface area contributed by atoms with Gasteiger partial charge in [-0.15, -0.1) is 13.2 Å². The highest BCUT2D eigenvalue weighted by atomic mass is 19.4. The van der Waals surface area contributed by atoms with Crippen LogP contribution in [0.15, 0.2) is 12.4 Å². The van der Waals surface area contributed by atoms with Crippen molar-refractivity contribution >= 4 is 5.69 Å². The monoisotopic (exact) mass is 195 g/mol. The Morgan fingerprint density at radius 2 is 2.23 bits per heavy atom. The fourth-order valence-electron chi connectivity index (χ4n) is 0.757. The van der Waals surface area contributed by atoms with Crippen molar-refractivity contribution in [3.63, 3.8) is 0 Å². The first-order valence-electron chi connectivity index (χ1n) is 3.46. The molecule has 74 valence electrons. The van der Waals surface area contributed by atoms with Crippen LogP contribution >= 0.6 is 0 Å². The molecular weight excluding hydrogens is 187 g/mol. The minimum Gasteiger partial charge on any atom is -0.396 e. The molecule has 0 amide bonds. The van der Waals surface area contributed by atoms with Crippen molar-refractivity contribution in [3.8, 4) is 0 Å². The molecule has 0 aliphatic heterocycles. The second kappa shape index (κ2) is 3.65. The number of hydrogen-bond acceptors (Lipinski definition) is 3. The van der Waals surface area contributed by atoms with E-state index in [2.05, 4.69) is 9.84 Å². The lowest BCUT2D eigenvalue weighted by molar-refractivity contribution is -0.325. The molecule has 0 unspecified atom stereocenters. The van der Waals surface area contributed by atoms with E-state index in [1.807, 2.05) is 0 Å². The van der Waals surface area contributed by atoms with Gasteiger partial charge in [0.1, 0.15) is 0 Å². The van der Waals surface area contributed by atoms with Crippen LogP contribution in [-0.2, 0) is 11.3 Å².